The summed E-state index contributed by atoms with van der Waals surface area (Å²) in [5, 5.41) is 151. The van der Waals surface area contributed by atoms with E-state index in [1.807, 2.05) is 13.8 Å². The zero-order chi connectivity index (χ0) is 50.4. The molecule has 0 amide bonds. The number of ether oxygens (including phenoxy) is 6. The van der Waals surface area contributed by atoms with Crippen molar-refractivity contribution in [2.45, 2.75) is 228 Å². The molecule has 4 aliphatic carbocycles. The number of fused-ring (bicyclic) bond motifs is 5. The topological polar surface area (TPSA) is 339 Å². The molecule has 3 saturated heterocycles. The van der Waals surface area contributed by atoms with Crippen molar-refractivity contribution in [1.29, 1.82) is 0 Å². The van der Waals surface area contributed by atoms with Gasteiger partial charge in [0.15, 0.2) is 18.9 Å². The first-order chi connectivity index (χ1) is 31.6. The summed E-state index contributed by atoms with van der Waals surface area (Å²) >= 11 is 0. The van der Waals surface area contributed by atoms with Crippen molar-refractivity contribution in [3.05, 3.63) is 11.6 Å². The minimum absolute atomic E-state index is 0.0166. The fourth-order valence-corrected chi connectivity index (χ4v) is 14.2. The highest BCUT2D eigenvalue weighted by Gasteiger charge is 2.71. The highest BCUT2D eigenvalue weighted by Crippen LogP contribution is 2.75. The molecule has 3 aliphatic heterocycles. The normalized spacial score (nSPS) is 50.9. The number of rotatable bonds is 14. The minimum Gasteiger partial charge on any atom is -0.394 e. The van der Waals surface area contributed by atoms with Gasteiger partial charge in [0.25, 0.3) is 0 Å². The lowest BCUT2D eigenvalue weighted by molar-refractivity contribution is -0.375. The molecule has 0 bridgehead atoms. The van der Waals surface area contributed by atoms with Gasteiger partial charge in [-0.05, 0) is 101 Å². The Balaban J connectivity index is 1.06. The molecule has 7 rings (SSSR count). The van der Waals surface area contributed by atoms with Crippen LogP contribution < -0.4 is 0 Å². The summed E-state index contributed by atoms with van der Waals surface area (Å²) in [4.78, 5) is 0. The lowest BCUT2D eigenvalue weighted by Crippen LogP contribution is -2.66. The molecular weight excluding hydrogens is 897 g/mol. The van der Waals surface area contributed by atoms with E-state index in [1.54, 1.807) is 20.8 Å². The molecule has 3 heterocycles. The van der Waals surface area contributed by atoms with Gasteiger partial charge in [-0.15, -0.1) is 0 Å². The molecule has 394 valence electrons. The number of hydrogen-bond acceptors (Lipinski definition) is 20. The van der Waals surface area contributed by atoms with Crippen molar-refractivity contribution in [2.24, 2.45) is 39.4 Å². The molecule has 20 heteroatoms. The van der Waals surface area contributed by atoms with Crippen molar-refractivity contribution < 1.29 is 99.9 Å². The molecular formula is C48H82O20. The first-order valence-electron chi connectivity index (χ1n) is 24.6. The molecule has 0 aromatic carbocycles. The van der Waals surface area contributed by atoms with Crippen LogP contribution in [-0.2, 0) is 28.4 Å². The van der Waals surface area contributed by atoms with Gasteiger partial charge in [0, 0.05) is 10.8 Å². The molecule has 25 atom stereocenters. The van der Waals surface area contributed by atoms with Crippen molar-refractivity contribution in [3.8, 4) is 0 Å². The van der Waals surface area contributed by atoms with Gasteiger partial charge in [0.1, 0.15) is 73.2 Å². The van der Waals surface area contributed by atoms with Gasteiger partial charge in [-0.3, -0.25) is 0 Å². The van der Waals surface area contributed by atoms with Crippen LogP contribution in [0.25, 0.3) is 0 Å². The van der Waals surface area contributed by atoms with Crippen LogP contribution in [-0.4, -0.2) is 213 Å². The van der Waals surface area contributed by atoms with E-state index in [9.17, 15) is 71.5 Å². The second kappa shape index (κ2) is 19.7. The van der Waals surface area contributed by atoms with Crippen LogP contribution in [0.4, 0.5) is 0 Å². The van der Waals surface area contributed by atoms with E-state index < -0.39 is 158 Å². The zero-order valence-electron chi connectivity index (χ0n) is 40.7. The molecule has 4 unspecified atom stereocenters. The minimum atomic E-state index is -1.81. The SMILES string of the molecule is CC(C)(O[C@@H]1O[C@@H](CO)[C@@H](O)[C@H](O)C1O)C(O)CCC(C)(O)[C@@H]1CC[C@]2(C)[C@@H]3CC=C4[C@@H](CC[C@H](O[C@@H]5O[C@@H](CO)[C@@H](O)[C@H](O)[C@@H]5O[C@@H]5O[C@H](CO)[C@@H](O)[C@H](O)[C@H]5O)C4(C)C)[C@@]3(C)C(O)C[C@]12C. The van der Waals surface area contributed by atoms with E-state index in [2.05, 4.69) is 26.8 Å². The lowest BCUT2D eigenvalue weighted by Gasteiger charge is -2.68. The summed E-state index contributed by atoms with van der Waals surface area (Å²) in [6.45, 7) is 13.7. The Morgan fingerprint density at radius 1 is 0.662 bits per heavy atom. The number of aliphatic hydroxyl groups is 14. The Bertz CT molecular complexity index is 1760. The van der Waals surface area contributed by atoms with Gasteiger partial charge in [0.2, 0.25) is 0 Å². The largest absolute Gasteiger partial charge is 0.394 e. The van der Waals surface area contributed by atoms with E-state index in [0.717, 1.165) is 12.0 Å². The standard InChI is InChI=1S/C48H82O20/c1-43(2)21-9-11-27-45(5)15-13-26(47(7,62)16-14-28(52)44(3,4)68-41-38(61)35(58)32(55)24(19-50)64-41)46(45,6)17-29(53)48(27,8)22(21)10-12-30(43)66-42-39(36(59)33(56)25(20-51)65-42)67-40-37(60)34(57)31(54)23(18-49)63-40/h9,22-42,49-62H,10-20H2,1-8H3/t22-,23-,24+,25+,26-,27+,28?,29?,30+,31-,32-,33-,34+,35+,36+,37-,38?,39+,40+,41+,42+,45-,46-,47?,48-/m1/s1. The highest BCUT2D eigenvalue weighted by molar-refractivity contribution is 5.32. The Labute approximate surface area is 398 Å². The number of hydrogen-bond donors (Lipinski definition) is 14. The first-order valence-corrected chi connectivity index (χ1v) is 24.6. The maximum absolute atomic E-state index is 12.6. The Kier molecular flexibility index (Phi) is 15.8. The average Bonchev–Trinajstić information content (AvgIpc) is 3.56. The summed E-state index contributed by atoms with van der Waals surface area (Å²) < 4.78 is 35.7. The van der Waals surface area contributed by atoms with E-state index in [4.69, 9.17) is 28.4 Å². The number of aliphatic hydroxyl groups excluding tert-OH is 13. The van der Waals surface area contributed by atoms with Crippen molar-refractivity contribution in [1.82, 2.24) is 0 Å². The van der Waals surface area contributed by atoms with Crippen LogP contribution in [0, 0.1) is 39.4 Å². The third kappa shape index (κ3) is 8.98. The predicted octanol–water partition coefficient (Wildman–Crippen LogP) is -1.94. The van der Waals surface area contributed by atoms with E-state index >= 15 is 0 Å². The quantitative estimate of drug-likeness (QED) is 0.0842. The van der Waals surface area contributed by atoms with Crippen LogP contribution in [0.2, 0.25) is 0 Å². The van der Waals surface area contributed by atoms with Crippen LogP contribution in [0.1, 0.15) is 107 Å². The Hall–Kier alpha value is -1.06. The maximum Gasteiger partial charge on any atom is 0.187 e. The molecule has 3 saturated carbocycles. The Morgan fingerprint density at radius 3 is 1.76 bits per heavy atom. The monoisotopic (exact) mass is 979 g/mol. The molecule has 14 N–H and O–H groups in total. The molecule has 20 nitrogen and oxygen atoms in total. The van der Waals surface area contributed by atoms with Gasteiger partial charge in [-0.1, -0.05) is 46.3 Å². The van der Waals surface area contributed by atoms with Gasteiger partial charge in [0.05, 0.1) is 49.3 Å². The lowest BCUT2D eigenvalue weighted by atomic mass is 9.38. The second-order valence-corrected chi connectivity index (χ2v) is 23.3. The first kappa shape index (κ1) is 54.7. The fourth-order valence-electron chi connectivity index (χ4n) is 14.2. The summed E-state index contributed by atoms with van der Waals surface area (Å²) in [7, 11) is 0. The van der Waals surface area contributed by atoms with Gasteiger partial charge >= 0.3 is 0 Å². The van der Waals surface area contributed by atoms with Crippen molar-refractivity contribution in [2.75, 3.05) is 19.8 Å². The predicted molar refractivity (Wildman–Crippen MR) is 236 cm³/mol. The summed E-state index contributed by atoms with van der Waals surface area (Å²) in [6.07, 6.45) is -19.6. The highest BCUT2D eigenvalue weighted by atomic mass is 16.8. The molecule has 0 aromatic rings. The number of allylic oxidation sites excluding steroid dienone is 1. The molecule has 6 fully saturated rings. The summed E-state index contributed by atoms with van der Waals surface area (Å²) in [5.74, 6) is -0.306. The van der Waals surface area contributed by atoms with E-state index in [0.29, 0.717) is 32.1 Å². The third-order valence-electron chi connectivity index (χ3n) is 18.9. The third-order valence-corrected chi connectivity index (χ3v) is 18.9. The van der Waals surface area contributed by atoms with Crippen LogP contribution in [0.15, 0.2) is 11.6 Å². The maximum atomic E-state index is 12.6. The molecule has 0 radical (unpaired) electrons. The van der Waals surface area contributed by atoms with E-state index in [1.165, 1.54) is 0 Å². The smallest absolute Gasteiger partial charge is 0.187 e. The summed E-state index contributed by atoms with van der Waals surface area (Å²) in [6, 6.07) is 0. The van der Waals surface area contributed by atoms with Crippen molar-refractivity contribution >= 4 is 0 Å². The van der Waals surface area contributed by atoms with Gasteiger partial charge in [-0.2, -0.15) is 0 Å². The summed E-state index contributed by atoms with van der Waals surface area (Å²) in [5.41, 5.74) is -3.64. The zero-order valence-corrected chi connectivity index (χ0v) is 40.7. The van der Waals surface area contributed by atoms with Crippen molar-refractivity contribution in [3.63, 3.8) is 0 Å². The van der Waals surface area contributed by atoms with Gasteiger partial charge < -0.3 is 99.9 Å². The fraction of sp³-hybridized carbons (Fsp3) is 0.958. The Morgan fingerprint density at radius 2 is 1.19 bits per heavy atom. The molecule has 0 spiro atoms. The molecule has 68 heavy (non-hydrogen) atoms. The van der Waals surface area contributed by atoms with Crippen LogP contribution in [0.5, 0.6) is 0 Å². The van der Waals surface area contributed by atoms with E-state index in [-0.39, 0.29) is 36.0 Å². The van der Waals surface area contributed by atoms with Crippen LogP contribution in [0.3, 0.4) is 0 Å². The molecule has 7 aliphatic rings. The molecule has 0 aromatic heterocycles. The average molecular weight is 979 g/mol. The van der Waals surface area contributed by atoms with Crippen LogP contribution >= 0.6 is 0 Å². The van der Waals surface area contributed by atoms with Gasteiger partial charge in [-0.25, -0.2) is 0 Å². The second-order valence-electron chi connectivity index (χ2n) is 23.3.